The maximum Gasteiger partial charge on any atom is 0.143 e. The standard InChI is InChI=1S/C11H9Cl2N3/c1-6-5-15-3-2-7(6)10-8(12)4-9(13)11(14)16-10/h2-5H,1H3,(H2,14,16). The van der Waals surface area contributed by atoms with Crippen LogP contribution in [0.5, 0.6) is 0 Å². The van der Waals surface area contributed by atoms with Gasteiger partial charge in [0.05, 0.1) is 15.7 Å². The fraction of sp³-hybridized carbons (Fsp3) is 0.0909. The Morgan fingerprint density at radius 3 is 2.69 bits per heavy atom. The van der Waals surface area contributed by atoms with Gasteiger partial charge in [0.15, 0.2) is 0 Å². The van der Waals surface area contributed by atoms with Gasteiger partial charge in [0.1, 0.15) is 5.82 Å². The van der Waals surface area contributed by atoms with Crippen LogP contribution in [0.2, 0.25) is 10.0 Å². The zero-order valence-corrected chi connectivity index (χ0v) is 10.0. The van der Waals surface area contributed by atoms with Crippen LogP contribution in [0.25, 0.3) is 11.3 Å². The summed E-state index contributed by atoms with van der Waals surface area (Å²) in [5, 5.41) is 0.842. The second-order valence-corrected chi connectivity index (χ2v) is 4.19. The summed E-state index contributed by atoms with van der Waals surface area (Å²) in [6.45, 7) is 1.94. The van der Waals surface area contributed by atoms with Gasteiger partial charge in [0.2, 0.25) is 0 Å². The van der Waals surface area contributed by atoms with E-state index < -0.39 is 0 Å². The minimum Gasteiger partial charge on any atom is -0.382 e. The Morgan fingerprint density at radius 2 is 2.00 bits per heavy atom. The van der Waals surface area contributed by atoms with Crippen LogP contribution in [-0.4, -0.2) is 9.97 Å². The molecule has 0 radical (unpaired) electrons. The molecule has 5 heteroatoms. The molecule has 2 aromatic heterocycles. The number of aromatic nitrogens is 2. The van der Waals surface area contributed by atoms with Crippen LogP contribution in [0.4, 0.5) is 5.82 Å². The van der Waals surface area contributed by atoms with Gasteiger partial charge in [-0.3, -0.25) is 4.98 Å². The Hall–Kier alpha value is -1.32. The van der Waals surface area contributed by atoms with Crippen molar-refractivity contribution in [2.75, 3.05) is 5.73 Å². The minimum atomic E-state index is 0.275. The maximum atomic E-state index is 6.09. The van der Waals surface area contributed by atoms with Gasteiger partial charge in [-0.2, -0.15) is 0 Å². The van der Waals surface area contributed by atoms with Crippen LogP contribution in [0, 0.1) is 6.92 Å². The molecule has 0 bridgehead atoms. The van der Waals surface area contributed by atoms with Crippen molar-refractivity contribution in [3.63, 3.8) is 0 Å². The normalized spacial score (nSPS) is 10.4. The van der Waals surface area contributed by atoms with E-state index in [2.05, 4.69) is 9.97 Å². The van der Waals surface area contributed by atoms with Crippen molar-refractivity contribution in [2.45, 2.75) is 6.92 Å². The molecule has 3 nitrogen and oxygen atoms in total. The lowest BCUT2D eigenvalue weighted by atomic mass is 10.1. The number of aryl methyl sites for hydroxylation is 1. The van der Waals surface area contributed by atoms with Crippen molar-refractivity contribution in [1.29, 1.82) is 0 Å². The molecule has 2 N–H and O–H groups in total. The van der Waals surface area contributed by atoms with Gasteiger partial charge in [-0.05, 0) is 24.6 Å². The van der Waals surface area contributed by atoms with Crippen LogP contribution in [0.15, 0.2) is 24.5 Å². The summed E-state index contributed by atoms with van der Waals surface area (Å²) >= 11 is 11.9. The summed E-state index contributed by atoms with van der Waals surface area (Å²) in [6.07, 6.45) is 3.43. The van der Waals surface area contributed by atoms with E-state index in [1.807, 2.05) is 13.0 Å². The molecule has 0 saturated heterocycles. The molecule has 0 fully saturated rings. The van der Waals surface area contributed by atoms with Crippen LogP contribution >= 0.6 is 23.2 Å². The summed E-state index contributed by atoms with van der Waals surface area (Å²) in [4.78, 5) is 8.20. The van der Waals surface area contributed by atoms with E-state index in [0.717, 1.165) is 11.1 Å². The molecule has 16 heavy (non-hydrogen) atoms. The lowest BCUT2D eigenvalue weighted by molar-refractivity contribution is 1.24. The lowest BCUT2D eigenvalue weighted by Gasteiger charge is -2.08. The van der Waals surface area contributed by atoms with Gasteiger partial charge < -0.3 is 5.73 Å². The average Bonchev–Trinajstić information content (AvgIpc) is 2.25. The van der Waals surface area contributed by atoms with Crippen LogP contribution in [0.3, 0.4) is 0 Å². The van der Waals surface area contributed by atoms with Crippen molar-refractivity contribution in [1.82, 2.24) is 9.97 Å². The van der Waals surface area contributed by atoms with Crippen molar-refractivity contribution in [3.8, 4) is 11.3 Å². The molecule has 2 rings (SSSR count). The van der Waals surface area contributed by atoms with Gasteiger partial charge in [0, 0.05) is 18.0 Å². The Morgan fingerprint density at radius 1 is 1.25 bits per heavy atom. The fourth-order valence-corrected chi connectivity index (χ4v) is 1.87. The molecule has 0 unspecified atom stereocenters. The van der Waals surface area contributed by atoms with Gasteiger partial charge in [-0.15, -0.1) is 0 Å². The van der Waals surface area contributed by atoms with Crippen molar-refractivity contribution in [2.24, 2.45) is 0 Å². The number of halogens is 2. The van der Waals surface area contributed by atoms with Gasteiger partial charge in [-0.1, -0.05) is 23.2 Å². The van der Waals surface area contributed by atoms with Crippen molar-refractivity contribution in [3.05, 3.63) is 40.1 Å². The number of anilines is 1. The largest absolute Gasteiger partial charge is 0.382 e. The Labute approximate surface area is 103 Å². The summed E-state index contributed by atoms with van der Waals surface area (Å²) in [5.41, 5.74) is 8.18. The van der Waals surface area contributed by atoms with E-state index in [9.17, 15) is 0 Å². The van der Waals surface area contributed by atoms with E-state index in [0.29, 0.717) is 15.7 Å². The molecule has 0 atom stereocenters. The first-order valence-electron chi connectivity index (χ1n) is 4.62. The summed E-state index contributed by atoms with van der Waals surface area (Å²) in [7, 11) is 0. The Bertz CT molecular complexity index is 541. The highest BCUT2D eigenvalue weighted by Crippen LogP contribution is 2.32. The molecule has 0 aliphatic rings. The smallest absolute Gasteiger partial charge is 0.143 e. The highest BCUT2D eigenvalue weighted by atomic mass is 35.5. The first kappa shape index (κ1) is 11.2. The summed E-state index contributed by atoms with van der Waals surface area (Å²) in [5.74, 6) is 0.275. The molecule has 2 heterocycles. The third-order valence-electron chi connectivity index (χ3n) is 2.23. The zero-order valence-electron chi connectivity index (χ0n) is 8.54. The molecule has 82 valence electrons. The molecule has 0 spiro atoms. The topological polar surface area (TPSA) is 51.8 Å². The minimum absolute atomic E-state index is 0.275. The van der Waals surface area contributed by atoms with E-state index >= 15 is 0 Å². The predicted molar refractivity (Wildman–Crippen MR) is 66.6 cm³/mol. The fourth-order valence-electron chi connectivity index (χ4n) is 1.41. The number of hydrogen-bond donors (Lipinski definition) is 1. The van der Waals surface area contributed by atoms with Gasteiger partial charge >= 0.3 is 0 Å². The lowest BCUT2D eigenvalue weighted by Crippen LogP contribution is -1.96. The Balaban J connectivity index is 2.65. The number of hydrogen-bond acceptors (Lipinski definition) is 3. The quantitative estimate of drug-likeness (QED) is 0.849. The average molecular weight is 254 g/mol. The van der Waals surface area contributed by atoms with Crippen LogP contribution in [-0.2, 0) is 0 Å². The summed E-state index contributed by atoms with van der Waals surface area (Å²) < 4.78 is 0. The first-order chi connectivity index (χ1) is 7.59. The third kappa shape index (κ3) is 1.96. The number of rotatable bonds is 1. The molecule has 0 aromatic carbocycles. The van der Waals surface area contributed by atoms with Gasteiger partial charge in [0.25, 0.3) is 0 Å². The number of pyridine rings is 2. The van der Waals surface area contributed by atoms with Crippen molar-refractivity contribution >= 4 is 29.0 Å². The van der Waals surface area contributed by atoms with E-state index in [4.69, 9.17) is 28.9 Å². The van der Waals surface area contributed by atoms with Crippen LogP contribution < -0.4 is 5.73 Å². The number of nitrogens with two attached hydrogens (primary N) is 1. The maximum absolute atomic E-state index is 6.09. The van der Waals surface area contributed by atoms with E-state index in [1.54, 1.807) is 18.5 Å². The molecule has 0 aliphatic heterocycles. The molecule has 0 aliphatic carbocycles. The Kier molecular flexibility index (Phi) is 2.99. The summed E-state index contributed by atoms with van der Waals surface area (Å²) in [6, 6.07) is 3.44. The molecular formula is C11H9Cl2N3. The zero-order chi connectivity index (χ0) is 11.7. The second kappa shape index (κ2) is 4.28. The highest BCUT2D eigenvalue weighted by molar-refractivity contribution is 6.37. The van der Waals surface area contributed by atoms with Crippen molar-refractivity contribution < 1.29 is 0 Å². The molecule has 0 saturated carbocycles. The molecule has 0 amide bonds. The monoisotopic (exact) mass is 253 g/mol. The highest BCUT2D eigenvalue weighted by Gasteiger charge is 2.11. The number of nitrogens with zero attached hydrogens (tertiary/aromatic N) is 2. The predicted octanol–water partition coefficient (Wildman–Crippen LogP) is 3.34. The van der Waals surface area contributed by atoms with Gasteiger partial charge in [-0.25, -0.2) is 4.98 Å². The van der Waals surface area contributed by atoms with Crippen LogP contribution in [0.1, 0.15) is 5.56 Å². The SMILES string of the molecule is Cc1cnccc1-c1nc(N)c(Cl)cc1Cl. The first-order valence-corrected chi connectivity index (χ1v) is 5.37. The van der Waals surface area contributed by atoms with E-state index in [1.165, 1.54) is 0 Å². The number of nitrogen functional groups attached to an aromatic ring is 1. The third-order valence-corrected chi connectivity index (χ3v) is 2.82. The molecular weight excluding hydrogens is 245 g/mol. The molecule has 2 aromatic rings. The van der Waals surface area contributed by atoms with E-state index in [-0.39, 0.29) is 5.82 Å². The second-order valence-electron chi connectivity index (χ2n) is 3.38.